The summed E-state index contributed by atoms with van der Waals surface area (Å²) < 4.78 is 1.72. The summed E-state index contributed by atoms with van der Waals surface area (Å²) >= 11 is 2.89. The van der Waals surface area contributed by atoms with Crippen molar-refractivity contribution in [1.29, 1.82) is 0 Å². The zero-order valence-electron chi connectivity index (χ0n) is 15.6. The highest BCUT2D eigenvalue weighted by Gasteiger charge is 2.20. The van der Waals surface area contributed by atoms with Crippen LogP contribution >= 0.6 is 22.7 Å². The van der Waals surface area contributed by atoms with E-state index in [1.165, 1.54) is 22.7 Å². The third-order valence-electron chi connectivity index (χ3n) is 4.15. The molecule has 0 radical (unpaired) electrons. The van der Waals surface area contributed by atoms with Crippen molar-refractivity contribution in [2.24, 2.45) is 7.05 Å². The Hall–Kier alpha value is -2.91. The number of hydrogen-bond acceptors (Lipinski definition) is 7. The highest BCUT2D eigenvalue weighted by atomic mass is 32.1. The first-order valence-corrected chi connectivity index (χ1v) is 10.3. The molecule has 9 heteroatoms. The molecule has 4 aromatic heterocycles. The third-order valence-corrected chi connectivity index (χ3v) is 6.38. The second kappa shape index (κ2) is 7.61. The van der Waals surface area contributed by atoms with Gasteiger partial charge in [-0.05, 0) is 26.0 Å². The Morgan fingerprint density at radius 2 is 2.11 bits per heavy atom. The van der Waals surface area contributed by atoms with Gasteiger partial charge in [0.2, 0.25) is 0 Å². The average molecular weight is 411 g/mol. The van der Waals surface area contributed by atoms with Crippen molar-refractivity contribution in [3.05, 3.63) is 57.9 Å². The second-order valence-corrected chi connectivity index (χ2v) is 8.23. The van der Waals surface area contributed by atoms with Gasteiger partial charge in [0, 0.05) is 42.1 Å². The fourth-order valence-corrected chi connectivity index (χ4v) is 4.50. The molecule has 4 heterocycles. The number of nitrogens with one attached hydrogen (secondary N) is 1. The number of aromatic nitrogens is 5. The van der Waals surface area contributed by atoms with Crippen LogP contribution in [0.1, 0.15) is 33.3 Å². The van der Waals surface area contributed by atoms with Gasteiger partial charge in [0.15, 0.2) is 0 Å². The van der Waals surface area contributed by atoms with E-state index >= 15 is 0 Å². The van der Waals surface area contributed by atoms with Crippen LogP contribution < -0.4 is 5.32 Å². The first kappa shape index (κ1) is 18.5. The number of carbonyl (C=O) groups excluding carboxylic acids is 1. The van der Waals surface area contributed by atoms with Gasteiger partial charge in [0.1, 0.15) is 14.9 Å². The minimum absolute atomic E-state index is 0.143. The highest BCUT2D eigenvalue weighted by molar-refractivity contribution is 7.17. The lowest BCUT2D eigenvalue weighted by atomic mass is 10.2. The monoisotopic (exact) mass is 410 g/mol. The Morgan fingerprint density at radius 3 is 2.82 bits per heavy atom. The molecule has 1 amide bonds. The highest BCUT2D eigenvalue weighted by Crippen LogP contribution is 2.29. The lowest BCUT2D eigenvalue weighted by molar-refractivity contribution is 0.0943. The van der Waals surface area contributed by atoms with Gasteiger partial charge in [-0.25, -0.2) is 9.97 Å². The summed E-state index contributed by atoms with van der Waals surface area (Å²) in [5.74, 6) is -0.143. The fourth-order valence-electron chi connectivity index (χ4n) is 2.72. The first-order chi connectivity index (χ1) is 13.5. The maximum atomic E-state index is 12.8. The van der Waals surface area contributed by atoms with Crippen LogP contribution in [0.5, 0.6) is 0 Å². The standard InChI is InChI=1S/C19H18N6OS2/c1-11-16(28-19(23-11)14-8-21-25(3)9-14)17(26)22-12(2)18-24-15(10-27-18)13-5-4-6-20-7-13/h4-10,12H,1-3H3,(H,22,26). The number of nitrogens with zero attached hydrogens (tertiary/aromatic N) is 5. The second-order valence-electron chi connectivity index (χ2n) is 6.34. The maximum absolute atomic E-state index is 12.8. The summed E-state index contributed by atoms with van der Waals surface area (Å²) in [6.45, 7) is 3.78. The largest absolute Gasteiger partial charge is 0.342 e. The Kier molecular flexibility index (Phi) is 5.01. The van der Waals surface area contributed by atoms with Crippen LogP contribution in [0.4, 0.5) is 0 Å². The zero-order chi connectivity index (χ0) is 19.7. The molecule has 0 saturated heterocycles. The summed E-state index contributed by atoms with van der Waals surface area (Å²) in [4.78, 5) is 26.7. The van der Waals surface area contributed by atoms with Crippen molar-refractivity contribution in [1.82, 2.24) is 30.0 Å². The van der Waals surface area contributed by atoms with Gasteiger partial charge in [-0.3, -0.25) is 14.5 Å². The smallest absolute Gasteiger partial charge is 0.263 e. The quantitative estimate of drug-likeness (QED) is 0.540. The van der Waals surface area contributed by atoms with Gasteiger partial charge < -0.3 is 5.32 Å². The van der Waals surface area contributed by atoms with Gasteiger partial charge in [0.05, 0.1) is 23.6 Å². The summed E-state index contributed by atoms with van der Waals surface area (Å²) in [5.41, 5.74) is 3.44. The van der Waals surface area contributed by atoms with Crippen molar-refractivity contribution in [3.8, 4) is 21.8 Å². The van der Waals surface area contributed by atoms with Crippen molar-refractivity contribution >= 4 is 28.6 Å². The molecule has 4 rings (SSSR count). The van der Waals surface area contributed by atoms with Crippen molar-refractivity contribution in [2.75, 3.05) is 0 Å². The molecule has 0 spiro atoms. The van der Waals surface area contributed by atoms with E-state index in [1.807, 2.05) is 44.6 Å². The topological polar surface area (TPSA) is 85.6 Å². The van der Waals surface area contributed by atoms with Crippen LogP contribution in [0.3, 0.4) is 0 Å². The molecule has 0 aromatic carbocycles. The fraction of sp³-hybridized carbons (Fsp3) is 0.211. The van der Waals surface area contributed by atoms with Crippen LogP contribution in [0.15, 0.2) is 42.3 Å². The van der Waals surface area contributed by atoms with E-state index < -0.39 is 0 Å². The third kappa shape index (κ3) is 3.71. The summed E-state index contributed by atoms with van der Waals surface area (Å²) in [5, 5.41) is 10.8. The summed E-state index contributed by atoms with van der Waals surface area (Å²) in [6.07, 6.45) is 7.15. The minimum atomic E-state index is -0.203. The molecule has 0 aliphatic rings. The number of pyridine rings is 1. The molecule has 142 valence electrons. The molecule has 4 aromatic rings. The zero-order valence-corrected chi connectivity index (χ0v) is 17.2. The van der Waals surface area contributed by atoms with E-state index in [0.717, 1.165) is 26.8 Å². The molecule has 28 heavy (non-hydrogen) atoms. The van der Waals surface area contributed by atoms with Crippen molar-refractivity contribution < 1.29 is 4.79 Å². The maximum Gasteiger partial charge on any atom is 0.263 e. The number of rotatable bonds is 5. The molecule has 0 aliphatic heterocycles. The first-order valence-electron chi connectivity index (χ1n) is 8.64. The molecule has 0 fully saturated rings. The van der Waals surface area contributed by atoms with Gasteiger partial charge >= 0.3 is 0 Å². The average Bonchev–Trinajstić information content (AvgIpc) is 3.42. The normalized spacial score (nSPS) is 12.1. The predicted octanol–water partition coefficient (Wildman–Crippen LogP) is 3.86. The number of thiazole rings is 2. The van der Waals surface area contributed by atoms with Crippen LogP contribution in [-0.2, 0) is 7.05 Å². The molecule has 0 bridgehead atoms. The van der Waals surface area contributed by atoms with E-state index in [4.69, 9.17) is 0 Å². The van der Waals surface area contributed by atoms with E-state index in [1.54, 1.807) is 23.3 Å². The number of amides is 1. The van der Waals surface area contributed by atoms with Gasteiger partial charge in [-0.15, -0.1) is 22.7 Å². The SMILES string of the molecule is Cc1nc(-c2cnn(C)c2)sc1C(=O)NC(C)c1nc(-c2cccnc2)cs1. The molecule has 7 nitrogen and oxygen atoms in total. The molecule has 1 N–H and O–H groups in total. The lowest BCUT2D eigenvalue weighted by Crippen LogP contribution is -2.26. The van der Waals surface area contributed by atoms with Gasteiger partial charge in [-0.1, -0.05) is 0 Å². The van der Waals surface area contributed by atoms with Crippen molar-refractivity contribution in [2.45, 2.75) is 19.9 Å². The summed E-state index contributed by atoms with van der Waals surface area (Å²) in [7, 11) is 1.85. The van der Waals surface area contributed by atoms with Crippen LogP contribution in [-0.4, -0.2) is 30.6 Å². The molecule has 0 saturated carbocycles. The van der Waals surface area contributed by atoms with E-state index in [9.17, 15) is 4.79 Å². The molecular formula is C19H18N6OS2. The predicted molar refractivity (Wildman–Crippen MR) is 110 cm³/mol. The Balaban J connectivity index is 1.49. The molecule has 0 aliphatic carbocycles. The summed E-state index contributed by atoms with van der Waals surface area (Å²) in [6, 6.07) is 3.65. The van der Waals surface area contributed by atoms with Crippen LogP contribution in [0.2, 0.25) is 0 Å². The number of hydrogen-bond donors (Lipinski definition) is 1. The molecule has 1 unspecified atom stereocenters. The Bertz CT molecular complexity index is 1110. The van der Waals surface area contributed by atoms with Crippen LogP contribution in [0, 0.1) is 6.92 Å². The van der Waals surface area contributed by atoms with E-state index in [0.29, 0.717) is 10.6 Å². The lowest BCUT2D eigenvalue weighted by Gasteiger charge is -2.10. The number of carbonyl (C=O) groups is 1. The van der Waals surface area contributed by atoms with Gasteiger partial charge in [-0.2, -0.15) is 5.10 Å². The van der Waals surface area contributed by atoms with E-state index in [2.05, 4.69) is 25.4 Å². The van der Waals surface area contributed by atoms with Crippen LogP contribution in [0.25, 0.3) is 21.8 Å². The molecule has 1 atom stereocenters. The molecular weight excluding hydrogens is 392 g/mol. The Labute approximate surface area is 170 Å². The van der Waals surface area contributed by atoms with E-state index in [-0.39, 0.29) is 11.9 Å². The Morgan fingerprint density at radius 1 is 1.25 bits per heavy atom. The van der Waals surface area contributed by atoms with Gasteiger partial charge in [0.25, 0.3) is 5.91 Å². The number of aryl methyl sites for hydroxylation is 2. The minimum Gasteiger partial charge on any atom is -0.342 e. The van der Waals surface area contributed by atoms with Crippen molar-refractivity contribution in [3.63, 3.8) is 0 Å².